The highest BCUT2D eigenvalue weighted by atomic mass is 19.2. The van der Waals surface area contributed by atoms with E-state index < -0.39 is 23.3 Å². The Morgan fingerprint density at radius 2 is 0.931 bits per heavy atom. The summed E-state index contributed by atoms with van der Waals surface area (Å²) in [6.45, 7) is 1.42. The van der Waals surface area contributed by atoms with Crippen molar-refractivity contribution in [3.63, 3.8) is 0 Å². The Morgan fingerprint density at radius 3 is 1.38 bits per heavy atom. The van der Waals surface area contributed by atoms with Crippen LogP contribution in [-0.2, 0) is 17.6 Å². The van der Waals surface area contributed by atoms with Gasteiger partial charge < -0.3 is 4.74 Å². The third kappa shape index (κ3) is 8.57. The van der Waals surface area contributed by atoms with Gasteiger partial charge in [0, 0.05) is 13.2 Å². The second kappa shape index (κ2) is 13.4. The molecule has 5 heteroatoms. The second-order valence-electron chi connectivity index (χ2n) is 7.37. The molecule has 0 aliphatic heterocycles. The molecule has 0 fully saturated rings. The van der Waals surface area contributed by atoms with Crippen molar-refractivity contribution in [3.8, 4) is 0 Å². The van der Waals surface area contributed by atoms with Crippen molar-refractivity contribution < 1.29 is 22.3 Å². The molecule has 0 heterocycles. The molecule has 0 bridgehead atoms. The summed E-state index contributed by atoms with van der Waals surface area (Å²) in [5.41, 5.74) is 0.891. The van der Waals surface area contributed by atoms with E-state index in [1.807, 2.05) is 0 Å². The van der Waals surface area contributed by atoms with Gasteiger partial charge in [0.05, 0.1) is 0 Å². The van der Waals surface area contributed by atoms with E-state index in [-0.39, 0.29) is 0 Å². The van der Waals surface area contributed by atoms with E-state index in [4.69, 9.17) is 4.74 Å². The first-order valence-electron chi connectivity index (χ1n) is 10.5. The fourth-order valence-corrected chi connectivity index (χ4v) is 3.33. The topological polar surface area (TPSA) is 9.23 Å². The van der Waals surface area contributed by atoms with Crippen molar-refractivity contribution in [2.45, 2.75) is 64.2 Å². The molecule has 0 spiro atoms. The van der Waals surface area contributed by atoms with Gasteiger partial charge in [-0.1, -0.05) is 49.9 Å². The molecule has 29 heavy (non-hydrogen) atoms. The quantitative estimate of drug-likeness (QED) is 0.237. The predicted octanol–water partition coefficient (Wildman–Crippen LogP) is 7.17. The fraction of sp³-hybridized carbons (Fsp3) is 0.500. The maximum Gasteiger partial charge on any atom is 0.162 e. The third-order valence-electron chi connectivity index (χ3n) is 5.03. The average molecular weight is 410 g/mol. The Balaban J connectivity index is 1.39. The lowest BCUT2D eigenvalue weighted by molar-refractivity contribution is 0.125. The minimum Gasteiger partial charge on any atom is -0.381 e. The summed E-state index contributed by atoms with van der Waals surface area (Å²) >= 11 is 0. The zero-order valence-corrected chi connectivity index (χ0v) is 16.9. The molecule has 0 saturated heterocycles. The van der Waals surface area contributed by atoms with Gasteiger partial charge >= 0.3 is 0 Å². The summed E-state index contributed by atoms with van der Waals surface area (Å²) in [5, 5.41) is 0. The third-order valence-corrected chi connectivity index (χ3v) is 5.03. The molecule has 2 rings (SSSR count). The molecular formula is C24H30F4O. The number of benzene rings is 2. The maximum absolute atomic E-state index is 13.5. The van der Waals surface area contributed by atoms with E-state index in [0.29, 0.717) is 37.2 Å². The first-order valence-corrected chi connectivity index (χ1v) is 10.5. The summed E-state index contributed by atoms with van der Waals surface area (Å²) in [4.78, 5) is 0. The molecule has 160 valence electrons. The molecule has 0 aliphatic rings. The number of hydrogen-bond donors (Lipinski definition) is 0. The van der Waals surface area contributed by atoms with Crippen LogP contribution in [0.4, 0.5) is 17.6 Å². The molecular weight excluding hydrogens is 380 g/mol. The molecule has 0 unspecified atom stereocenters. The number of aryl methyl sites for hydroxylation is 2. The first kappa shape index (κ1) is 23.4. The SMILES string of the molecule is Fc1cccc(CCCCCCOCCCCCCc2cccc(F)c2F)c1F. The maximum atomic E-state index is 13.5. The van der Waals surface area contributed by atoms with Gasteiger partial charge in [0.15, 0.2) is 23.3 Å². The molecule has 0 amide bonds. The zero-order chi connectivity index (χ0) is 20.9. The van der Waals surface area contributed by atoms with Gasteiger partial charge in [0.2, 0.25) is 0 Å². The average Bonchev–Trinajstić information content (AvgIpc) is 2.71. The summed E-state index contributed by atoms with van der Waals surface area (Å²) in [6, 6.07) is 8.63. The standard InChI is InChI=1S/C24H30F4O/c25-21-15-9-13-19(23(21)27)11-5-1-3-7-17-29-18-8-4-2-6-12-20-14-10-16-22(26)24(20)28/h9-10,13-16H,1-8,11-12,17-18H2. The first-order chi connectivity index (χ1) is 14.1. The van der Waals surface area contributed by atoms with Gasteiger partial charge in [0.1, 0.15) is 0 Å². The Kier molecular flexibility index (Phi) is 10.8. The lowest BCUT2D eigenvalue weighted by atomic mass is 10.1. The fourth-order valence-electron chi connectivity index (χ4n) is 3.33. The molecule has 0 saturated carbocycles. The van der Waals surface area contributed by atoms with Crippen LogP contribution in [0.3, 0.4) is 0 Å². The highest BCUT2D eigenvalue weighted by Crippen LogP contribution is 2.16. The summed E-state index contributed by atoms with van der Waals surface area (Å²) in [6.07, 6.45) is 8.68. The van der Waals surface area contributed by atoms with E-state index >= 15 is 0 Å². The van der Waals surface area contributed by atoms with Crippen LogP contribution in [0.25, 0.3) is 0 Å². The van der Waals surface area contributed by atoms with Crippen LogP contribution < -0.4 is 0 Å². The highest BCUT2D eigenvalue weighted by molar-refractivity contribution is 5.19. The van der Waals surface area contributed by atoms with Crippen molar-refractivity contribution in [2.24, 2.45) is 0 Å². The molecule has 0 atom stereocenters. The Labute approximate surface area is 171 Å². The van der Waals surface area contributed by atoms with Crippen LogP contribution in [0, 0.1) is 23.3 Å². The van der Waals surface area contributed by atoms with Gasteiger partial charge in [-0.25, -0.2) is 17.6 Å². The van der Waals surface area contributed by atoms with E-state index in [2.05, 4.69) is 0 Å². The van der Waals surface area contributed by atoms with Gasteiger partial charge in [-0.2, -0.15) is 0 Å². The van der Waals surface area contributed by atoms with E-state index in [9.17, 15) is 17.6 Å². The Morgan fingerprint density at radius 1 is 0.517 bits per heavy atom. The van der Waals surface area contributed by atoms with Crippen molar-refractivity contribution >= 4 is 0 Å². The molecule has 0 N–H and O–H groups in total. The number of rotatable bonds is 14. The largest absolute Gasteiger partial charge is 0.381 e. The second-order valence-corrected chi connectivity index (χ2v) is 7.37. The van der Waals surface area contributed by atoms with Crippen molar-refractivity contribution in [2.75, 3.05) is 13.2 Å². The van der Waals surface area contributed by atoms with Crippen LogP contribution in [0.2, 0.25) is 0 Å². The zero-order valence-electron chi connectivity index (χ0n) is 16.9. The van der Waals surface area contributed by atoms with E-state index in [0.717, 1.165) is 63.5 Å². The predicted molar refractivity (Wildman–Crippen MR) is 108 cm³/mol. The normalized spacial score (nSPS) is 11.2. The number of ether oxygens (including phenoxy) is 1. The molecule has 0 radical (unpaired) electrons. The Bertz CT molecular complexity index is 671. The summed E-state index contributed by atoms with van der Waals surface area (Å²) in [7, 11) is 0. The highest BCUT2D eigenvalue weighted by Gasteiger charge is 2.07. The number of unbranched alkanes of at least 4 members (excludes halogenated alkanes) is 6. The van der Waals surface area contributed by atoms with Crippen molar-refractivity contribution in [1.29, 1.82) is 0 Å². The molecule has 1 nitrogen and oxygen atoms in total. The van der Waals surface area contributed by atoms with Crippen molar-refractivity contribution in [3.05, 3.63) is 70.8 Å². The van der Waals surface area contributed by atoms with Gasteiger partial charge in [-0.05, 0) is 61.8 Å². The molecule has 2 aromatic rings. The minimum absolute atomic E-state index is 0.446. The molecule has 0 aliphatic carbocycles. The summed E-state index contributed by atoms with van der Waals surface area (Å²) < 4.78 is 58.9. The van der Waals surface area contributed by atoms with Crippen LogP contribution >= 0.6 is 0 Å². The van der Waals surface area contributed by atoms with Crippen LogP contribution in [0.5, 0.6) is 0 Å². The lowest BCUT2D eigenvalue weighted by Gasteiger charge is -2.06. The number of hydrogen-bond acceptors (Lipinski definition) is 1. The van der Waals surface area contributed by atoms with Crippen molar-refractivity contribution in [1.82, 2.24) is 0 Å². The smallest absolute Gasteiger partial charge is 0.162 e. The summed E-state index contributed by atoms with van der Waals surface area (Å²) in [5.74, 6) is -3.01. The van der Waals surface area contributed by atoms with E-state index in [1.165, 1.54) is 0 Å². The van der Waals surface area contributed by atoms with Gasteiger partial charge in [-0.15, -0.1) is 0 Å². The number of halogens is 4. The van der Waals surface area contributed by atoms with Crippen LogP contribution in [-0.4, -0.2) is 13.2 Å². The monoisotopic (exact) mass is 410 g/mol. The van der Waals surface area contributed by atoms with Crippen LogP contribution in [0.1, 0.15) is 62.5 Å². The van der Waals surface area contributed by atoms with E-state index in [1.54, 1.807) is 24.3 Å². The molecule has 0 aromatic heterocycles. The minimum atomic E-state index is -0.781. The molecule has 2 aromatic carbocycles. The Hall–Kier alpha value is -1.88. The van der Waals surface area contributed by atoms with Gasteiger partial charge in [-0.3, -0.25) is 0 Å². The van der Waals surface area contributed by atoms with Gasteiger partial charge in [0.25, 0.3) is 0 Å². The van der Waals surface area contributed by atoms with Crippen LogP contribution in [0.15, 0.2) is 36.4 Å². The lowest BCUT2D eigenvalue weighted by Crippen LogP contribution is -1.98.